The van der Waals surface area contributed by atoms with Gasteiger partial charge >= 0.3 is 0 Å². The van der Waals surface area contributed by atoms with Gasteiger partial charge in [0.2, 0.25) is 0 Å². The molecule has 364 valence electrons. The molecule has 5 heteroatoms. The molecule has 0 aliphatic carbocycles. The molecule has 0 fully saturated rings. The van der Waals surface area contributed by atoms with Crippen LogP contribution in [0.1, 0.15) is 128 Å². The molecule has 7 aromatic carbocycles. The summed E-state index contributed by atoms with van der Waals surface area (Å²) >= 11 is 0. The van der Waals surface area contributed by atoms with Crippen LogP contribution in [0, 0.1) is 0 Å². The van der Waals surface area contributed by atoms with Crippen LogP contribution in [0.3, 0.4) is 0 Å². The van der Waals surface area contributed by atoms with Crippen molar-refractivity contribution in [1.82, 2.24) is 9.55 Å². The Morgan fingerprint density at radius 2 is 0.889 bits per heavy atom. The van der Waals surface area contributed by atoms with Gasteiger partial charge in [0.25, 0.3) is 0 Å². The summed E-state index contributed by atoms with van der Waals surface area (Å²) in [5, 5.41) is 2.39. The second kappa shape index (κ2) is 18.0. The Morgan fingerprint density at radius 3 is 1.44 bits per heavy atom. The van der Waals surface area contributed by atoms with Crippen molar-refractivity contribution >= 4 is 33.2 Å². The van der Waals surface area contributed by atoms with E-state index >= 15 is 0 Å². The maximum absolute atomic E-state index is 7.26. The minimum absolute atomic E-state index is 0.0476. The zero-order chi connectivity index (χ0) is 50.8. The maximum Gasteiger partial charge on any atom is 0.137 e. The summed E-state index contributed by atoms with van der Waals surface area (Å²) in [7, 11) is 0. The summed E-state index contributed by atoms with van der Waals surface area (Å²) < 4.78 is 9.60. The highest BCUT2D eigenvalue weighted by Crippen LogP contribution is 2.46. The molecule has 0 saturated heterocycles. The van der Waals surface area contributed by atoms with Crippen LogP contribution in [0.15, 0.2) is 195 Å². The van der Waals surface area contributed by atoms with Crippen LogP contribution in [0.4, 0.5) is 11.4 Å². The lowest BCUT2D eigenvalue weighted by molar-refractivity contribution is 0.477. The summed E-state index contributed by atoms with van der Waals surface area (Å²) in [5.74, 6) is 2.46. The number of ether oxygens (including phenoxy) is 1. The highest BCUT2D eigenvalue weighted by atomic mass is 16.5. The number of hydrogen-bond acceptors (Lipinski definition) is 4. The molecule has 0 saturated carbocycles. The third-order valence-corrected chi connectivity index (χ3v) is 15.5. The predicted octanol–water partition coefficient (Wildman–Crippen LogP) is 17.3. The van der Waals surface area contributed by atoms with E-state index in [2.05, 4.69) is 286 Å². The van der Waals surface area contributed by atoms with Gasteiger partial charge in [-0.15, -0.1) is 0 Å². The van der Waals surface area contributed by atoms with E-state index in [4.69, 9.17) is 9.72 Å². The zero-order valence-corrected chi connectivity index (χ0v) is 44.4. The van der Waals surface area contributed by atoms with Crippen LogP contribution in [-0.2, 0) is 27.1 Å². The van der Waals surface area contributed by atoms with Crippen LogP contribution in [-0.4, -0.2) is 16.2 Å². The molecule has 0 atom stereocenters. The lowest BCUT2D eigenvalue weighted by Crippen LogP contribution is -2.27. The highest BCUT2D eigenvalue weighted by molar-refractivity contribution is 6.11. The second-order valence-electron chi connectivity index (χ2n) is 23.6. The van der Waals surface area contributed by atoms with Gasteiger partial charge in [0, 0.05) is 69.1 Å². The topological polar surface area (TPSA) is 33.5 Å². The first kappa shape index (κ1) is 48.3. The normalized spacial score (nSPS) is 13.7. The fourth-order valence-corrected chi connectivity index (χ4v) is 10.6. The van der Waals surface area contributed by atoms with Crippen molar-refractivity contribution < 1.29 is 4.74 Å². The molecule has 0 bridgehead atoms. The summed E-state index contributed by atoms with van der Waals surface area (Å²) in [6.07, 6.45) is 6.39. The third-order valence-electron chi connectivity index (χ3n) is 15.5. The number of benzene rings is 7. The van der Waals surface area contributed by atoms with Gasteiger partial charge in [0.15, 0.2) is 0 Å². The Labute approximate surface area is 428 Å². The standard InChI is InChI=1S/C67H70N4O/c1-63(2,3)49-32-33-68-61(41-49)71-59-31-23-22-30-57(59)62-58(67(11,12)48-28-20-15-21-29-48)43-56(44-60(62)71)72-55-40-50(64(4,5)6)37-54(42-55)70-35-34-69(45-70)53-38-51(65(7,8)46-24-16-13-17-25-46)36-52(39-53)66(9,10)47-26-18-14-19-27-47/h13-44H,45H2,1-12H3. The van der Waals surface area contributed by atoms with E-state index in [1.54, 1.807) is 0 Å². The van der Waals surface area contributed by atoms with Crippen LogP contribution >= 0.6 is 0 Å². The summed E-state index contributed by atoms with van der Waals surface area (Å²) in [4.78, 5) is 9.78. The Morgan fingerprint density at radius 1 is 0.403 bits per heavy atom. The van der Waals surface area contributed by atoms with Gasteiger partial charge in [-0.3, -0.25) is 4.57 Å². The molecular formula is C67H70N4O. The number of anilines is 2. The molecule has 2 aromatic heterocycles. The van der Waals surface area contributed by atoms with Crippen molar-refractivity contribution in [1.29, 1.82) is 0 Å². The number of aromatic nitrogens is 2. The van der Waals surface area contributed by atoms with Gasteiger partial charge in [-0.1, -0.05) is 198 Å². The second-order valence-corrected chi connectivity index (χ2v) is 23.6. The first-order valence-corrected chi connectivity index (χ1v) is 25.6. The van der Waals surface area contributed by atoms with Crippen molar-refractivity contribution in [3.8, 4) is 17.3 Å². The zero-order valence-electron chi connectivity index (χ0n) is 44.4. The Hall–Kier alpha value is -7.37. The average molecular weight is 947 g/mol. The number of pyridine rings is 1. The van der Waals surface area contributed by atoms with Gasteiger partial charge in [-0.2, -0.15) is 0 Å². The molecule has 0 unspecified atom stereocenters. The van der Waals surface area contributed by atoms with Crippen molar-refractivity contribution in [2.45, 2.75) is 110 Å². The van der Waals surface area contributed by atoms with E-state index in [-0.39, 0.29) is 27.1 Å². The SMILES string of the molecule is CC(C)(C)c1cc(Oc2cc(C(C)(C)c3ccccc3)c3c4ccccc4n(-c4cc(C(C)(C)C)ccn4)c3c2)cc(N2C=CN(c3cc(C(C)(C)c4ccccc4)cc(C(C)(C)c4ccccc4)c3)C2)c1. The quantitative estimate of drug-likeness (QED) is 0.129. The molecule has 0 N–H and O–H groups in total. The number of fused-ring (bicyclic) bond motifs is 3. The first-order chi connectivity index (χ1) is 34.2. The fraction of sp³-hybridized carbons (Fsp3) is 0.269. The average Bonchev–Trinajstić information content (AvgIpc) is 4.00. The minimum Gasteiger partial charge on any atom is -0.457 e. The van der Waals surface area contributed by atoms with Crippen LogP contribution in [0.5, 0.6) is 11.5 Å². The van der Waals surface area contributed by atoms with E-state index in [0.29, 0.717) is 6.67 Å². The van der Waals surface area contributed by atoms with Crippen molar-refractivity contribution in [3.63, 3.8) is 0 Å². The highest BCUT2D eigenvalue weighted by Gasteiger charge is 2.32. The summed E-state index contributed by atoms with van der Waals surface area (Å²) in [5.41, 5.74) is 13.4. The molecule has 0 amide bonds. The fourth-order valence-electron chi connectivity index (χ4n) is 10.6. The maximum atomic E-state index is 7.26. The lowest BCUT2D eigenvalue weighted by atomic mass is 9.73. The smallest absolute Gasteiger partial charge is 0.137 e. The Balaban J connectivity index is 1.08. The van der Waals surface area contributed by atoms with Crippen LogP contribution in [0.25, 0.3) is 27.6 Å². The number of nitrogens with zero attached hydrogens (tertiary/aromatic N) is 4. The van der Waals surface area contributed by atoms with Crippen LogP contribution < -0.4 is 14.5 Å². The molecule has 1 aliphatic rings. The molecule has 9 aromatic rings. The molecule has 5 nitrogen and oxygen atoms in total. The van der Waals surface area contributed by atoms with Crippen molar-refractivity contribution in [2.24, 2.45) is 0 Å². The van der Waals surface area contributed by atoms with E-state index in [1.165, 1.54) is 55.3 Å². The van der Waals surface area contributed by atoms with Crippen molar-refractivity contribution in [2.75, 3.05) is 16.5 Å². The van der Waals surface area contributed by atoms with Gasteiger partial charge in [0.05, 0.1) is 17.7 Å². The van der Waals surface area contributed by atoms with E-state index < -0.39 is 0 Å². The van der Waals surface area contributed by atoms with E-state index in [1.807, 2.05) is 6.20 Å². The molecular weight excluding hydrogens is 877 g/mol. The lowest BCUT2D eigenvalue weighted by Gasteiger charge is -2.33. The van der Waals surface area contributed by atoms with Gasteiger partial charge in [0.1, 0.15) is 17.3 Å². The molecule has 10 rings (SSSR count). The van der Waals surface area contributed by atoms with Gasteiger partial charge < -0.3 is 14.5 Å². The van der Waals surface area contributed by atoms with Crippen LogP contribution in [0.2, 0.25) is 0 Å². The van der Waals surface area contributed by atoms with Gasteiger partial charge in [-0.25, -0.2) is 4.98 Å². The summed E-state index contributed by atoms with van der Waals surface area (Å²) in [6, 6.07) is 64.3. The van der Waals surface area contributed by atoms with E-state index in [9.17, 15) is 0 Å². The number of rotatable bonds is 11. The number of hydrogen-bond donors (Lipinski definition) is 0. The molecule has 3 heterocycles. The monoisotopic (exact) mass is 947 g/mol. The largest absolute Gasteiger partial charge is 0.457 e. The van der Waals surface area contributed by atoms with E-state index in [0.717, 1.165) is 39.7 Å². The Kier molecular flexibility index (Phi) is 12.1. The first-order valence-electron chi connectivity index (χ1n) is 25.6. The van der Waals surface area contributed by atoms with Crippen molar-refractivity contribution in [3.05, 3.63) is 239 Å². The predicted molar refractivity (Wildman–Crippen MR) is 304 cm³/mol. The minimum atomic E-state index is -0.374. The molecule has 72 heavy (non-hydrogen) atoms. The molecule has 0 spiro atoms. The molecule has 0 radical (unpaired) electrons. The number of para-hydroxylation sites is 1. The summed E-state index contributed by atoms with van der Waals surface area (Å²) in [6.45, 7) is 28.3. The third kappa shape index (κ3) is 8.99. The molecule has 1 aliphatic heterocycles. The van der Waals surface area contributed by atoms with Gasteiger partial charge in [-0.05, 0) is 104 Å². The Bertz CT molecular complexity index is 3390.